The predicted molar refractivity (Wildman–Crippen MR) is 138 cm³/mol. The highest BCUT2D eigenvalue weighted by atomic mass is 35.5. The third-order valence-electron chi connectivity index (χ3n) is 5.98. The maximum atomic E-state index is 13.9. The van der Waals surface area contributed by atoms with Crippen molar-refractivity contribution in [3.63, 3.8) is 0 Å². The molecule has 2 amide bonds. The zero-order chi connectivity index (χ0) is 28.5. The van der Waals surface area contributed by atoms with E-state index in [-0.39, 0.29) is 49.3 Å². The van der Waals surface area contributed by atoms with E-state index in [1.165, 1.54) is 40.6 Å². The Morgan fingerprint density at radius 2 is 1.87 bits per heavy atom. The summed E-state index contributed by atoms with van der Waals surface area (Å²) in [7, 11) is 0. The average Bonchev–Trinajstić information content (AvgIpc) is 3.25. The first-order chi connectivity index (χ1) is 18.4. The molecule has 10 nitrogen and oxygen atoms in total. The van der Waals surface area contributed by atoms with E-state index in [2.05, 4.69) is 4.98 Å². The molecular formula is C26H25ClF2N4O6. The minimum atomic E-state index is -1.72. The molecule has 206 valence electrons. The van der Waals surface area contributed by atoms with Gasteiger partial charge >= 0.3 is 0 Å². The van der Waals surface area contributed by atoms with Crippen LogP contribution in [0, 0.1) is 11.6 Å². The first-order valence-corrected chi connectivity index (χ1v) is 12.2. The lowest BCUT2D eigenvalue weighted by Gasteiger charge is -2.25. The van der Waals surface area contributed by atoms with Crippen LogP contribution in [0.5, 0.6) is 5.88 Å². The second-order valence-corrected chi connectivity index (χ2v) is 9.75. The number of amides is 2. The Bertz CT molecular complexity index is 1490. The third kappa shape index (κ3) is 5.92. The van der Waals surface area contributed by atoms with Gasteiger partial charge in [0.15, 0.2) is 5.02 Å². The molecule has 0 atom stereocenters. The van der Waals surface area contributed by atoms with Gasteiger partial charge in [0.1, 0.15) is 36.8 Å². The van der Waals surface area contributed by atoms with Crippen molar-refractivity contribution in [3.05, 3.63) is 80.9 Å². The first-order valence-electron chi connectivity index (χ1n) is 11.8. The third-order valence-corrected chi connectivity index (χ3v) is 6.31. The molecule has 0 saturated heterocycles. The van der Waals surface area contributed by atoms with Crippen LogP contribution >= 0.6 is 11.6 Å². The molecule has 4 rings (SSSR count). The van der Waals surface area contributed by atoms with E-state index in [0.717, 1.165) is 6.07 Å². The van der Waals surface area contributed by atoms with Crippen molar-refractivity contribution in [1.29, 1.82) is 0 Å². The van der Waals surface area contributed by atoms with E-state index in [4.69, 9.17) is 16.3 Å². The molecular weight excluding hydrogens is 538 g/mol. The Balaban J connectivity index is 1.59. The fourth-order valence-electron chi connectivity index (χ4n) is 4.00. The Kier molecular flexibility index (Phi) is 8.00. The number of aliphatic hydroxyl groups excluding tert-OH is 1. The second-order valence-electron chi connectivity index (χ2n) is 9.37. The van der Waals surface area contributed by atoms with Crippen LogP contribution in [0.25, 0.3) is 0 Å². The van der Waals surface area contributed by atoms with Gasteiger partial charge in [0.2, 0.25) is 11.8 Å². The lowest BCUT2D eigenvalue weighted by molar-refractivity contribution is -0.133. The van der Waals surface area contributed by atoms with Crippen LogP contribution in [-0.4, -0.2) is 50.5 Å². The number of halogens is 3. The fraction of sp³-hybridized carbons (Fsp3) is 0.308. The van der Waals surface area contributed by atoms with Crippen molar-refractivity contribution in [3.8, 4) is 5.88 Å². The molecule has 2 heterocycles. The highest BCUT2D eigenvalue weighted by Gasteiger charge is 2.39. The number of aromatic nitrogens is 2. The molecule has 2 aromatic carbocycles. The monoisotopic (exact) mass is 562 g/mol. The molecule has 0 fully saturated rings. The summed E-state index contributed by atoms with van der Waals surface area (Å²) in [6, 6.07) is 7.85. The van der Waals surface area contributed by atoms with Crippen LogP contribution in [0.2, 0.25) is 5.02 Å². The maximum Gasteiger partial charge on any atom is 0.276 e. The molecule has 1 aliphatic rings. The summed E-state index contributed by atoms with van der Waals surface area (Å²) in [5, 5.41) is 19.1. The maximum absolute atomic E-state index is 13.9. The molecule has 0 radical (unpaired) electrons. The first kappa shape index (κ1) is 28.1. The van der Waals surface area contributed by atoms with Gasteiger partial charge in [-0.2, -0.15) is 0 Å². The summed E-state index contributed by atoms with van der Waals surface area (Å²) in [6.07, 6.45) is 1.04. The number of carbonyl (C=O) groups is 2. The van der Waals surface area contributed by atoms with Crippen molar-refractivity contribution in [1.82, 2.24) is 9.55 Å². The van der Waals surface area contributed by atoms with E-state index < -0.39 is 34.6 Å². The smallest absolute Gasteiger partial charge is 0.276 e. The normalized spacial score (nSPS) is 13.0. The molecule has 39 heavy (non-hydrogen) atoms. The molecule has 2 N–H and O–H groups in total. The summed E-state index contributed by atoms with van der Waals surface area (Å²) in [5.74, 6) is -2.82. The zero-order valence-corrected chi connectivity index (χ0v) is 21.8. The Labute approximate surface area is 226 Å². The summed E-state index contributed by atoms with van der Waals surface area (Å²) < 4.78 is 33.6. The largest absolute Gasteiger partial charge is 0.471 e. The number of carbonyl (C=O) groups excluding carboxylic acids is 2. The molecule has 0 unspecified atom stereocenters. The molecule has 0 bridgehead atoms. The molecule has 1 aromatic heterocycles. The van der Waals surface area contributed by atoms with Crippen molar-refractivity contribution >= 4 is 34.8 Å². The highest BCUT2D eigenvalue weighted by Crippen LogP contribution is 2.38. The van der Waals surface area contributed by atoms with E-state index in [0.29, 0.717) is 23.0 Å². The number of aliphatic hydroxyl groups is 2. The van der Waals surface area contributed by atoms with Crippen molar-refractivity contribution < 1.29 is 33.3 Å². The molecule has 0 aliphatic carbocycles. The number of ether oxygens (including phenoxy) is 1. The van der Waals surface area contributed by atoms with E-state index in [1.54, 1.807) is 18.2 Å². The van der Waals surface area contributed by atoms with E-state index in [1.807, 2.05) is 0 Å². The molecule has 0 saturated carbocycles. The molecule has 13 heteroatoms. The van der Waals surface area contributed by atoms with Gasteiger partial charge in [-0.15, -0.1) is 0 Å². The summed E-state index contributed by atoms with van der Waals surface area (Å²) >= 11 is 6.17. The predicted octanol–water partition coefficient (Wildman–Crippen LogP) is 2.59. The summed E-state index contributed by atoms with van der Waals surface area (Å²) in [6.45, 7) is 1.81. The van der Waals surface area contributed by atoms with Crippen LogP contribution in [0.4, 0.5) is 20.2 Å². The topological polar surface area (TPSA) is 125 Å². The van der Waals surface area contributed by atoms with Crippen molar-refractivity contribution in [2.45, 2.75) is 39.0 Å². The molecule has 0 spiro atoms. The average molecular weight is 563 g/mol. The Hall–Kier alpha value is -3.87. The Morgan fingerprint density at radius 1 is 1.13 bits per heavy atom. The van der Waals surface area contributed by atoms with Gasteiger partial charge < -0.3 is 14.9 Å². The Morgan fingerprint density at radius 3 is 2.54 bits per heavy atom. The van der Waals surface area contributed by atoms with Gasteiger partial charge in [0.25, 0.3) is 11.5 Å². The fourth-order valence-corrected chi connectivity index (χ4v) is 4.21. The van der Waals surface area contributed by atoms with Crippen LogP contribution < -0.4 is 20.1 Å². The van der Waals surface area contributed by atoms with E-state index in [9.17, 15) is 33.4 Å². The van der Waals surface area contributed by atoms with Crippen LogP contribution in [0.3, 0.4) is 0 Å². The zero-order valence-electron chi connectivity index (χ0n) is 21.0. The number of nitrogens with zero attached hydrogens (tertiary/aromatic N) is 4. The minimum absolute atomic E-state index is 0.0131. The van der Waals surface area contributed by atoms with Gasteiger partial charge in [-0.25, -0.2) is 13.8 Å². The molecule has 3 aromatic rings. The molecule has 1 aliphatic heterocycles. The standard InChI is InChI=1S/C26H25ClF2N4O6/c1-26(2,38)25(37)33-14-32(21(35)7-8-34)19-6-3-15(9-20(19)33)11-31-13-30-23(22(27)24(31)36)39-12-16-4-5-17(28)10-18(16)29/h3-6,9-10,13,34,38H,7-8,11-12,14H2,1-2H3. The number of rotatable bonds is 8. The highest BCUT2D eigenvalue weighted by molar-refractivity contribution is 6.31. The van der Waals surface area contributed by atoms with Gasteiger partial charge in [-0.05, 0) is 43.7 Å². The number of benzene rings is 2. The number of anilines is 2. The quantitative estimate of drug-likeness (QED) is 0.432. The van der Waals surface area contributed by atoms with Crippen LogP contribution in [0.15, 0.2) is 47.5 Å². The SMILES string of the molecule is CC(C)(O)C(=O)N1CN(C(=O)CCO)c2ccc(Cn3cnc(OCc4ccc(F)cc4F)c(Cl)c3=O)cc21. The lowest BCUT2D eigenvalue weighted by atomic mass is 10.1. The van der Waals surface area contributed by atoms with Crippen molar-refractivity contribution in [2.75, 3.05) is 23.1 Å². The number of fused-ring (bicyclic) bond motifs is 1. The second kappa shape index (κ2) is 11.1. The van der Waals surface area contributed by atoms with Crippen LogP contribution in [0.1, 0.15) is 31.4 Å². The number of hydrogen-bond acceptors (Lipinski definition) is 7. The summed E-state index contributed by atoms with van der Waals surface area (Å²) in [5.41, 5.74) is -1.00. The van der Waals surface area contributed by atoms with Crippen molar-refractivity contribution in [2.24, 2.45) is 0 Å². The van der Waals surface area contributed by atoms with Crippen LogP contribution in [-0.2, 0) is 22.7 Å². The van der Waals surface area contributed by atoms with Gasteiger partial charge in [0.05, 0.1) is 30.9 Å². The lowest BCUT2D eigenvalue weighted by Crippen LogP contribution is -2.47. The van der Waals surface area contributed by atoms with Gasteiger partial charge in [-0.1, -0.05) is 17.7 Å². The van der Waals surface area contributed by atoms with Gasteiger partial charge in [0, 0.05) is 11.6 Å². The summed E-state index contributed by atoms with van der Waals surface area (Å²) in [4.78, 5) is 45.0. The van der Waals surface area contributed by atoms with Gasteiger partial charge in [-0.3, -0.25) is 28.8 Å². The minimum Gasteiger partial charge on any atom is -0.471 e. The number of hydrogen-bond donors (Lipinski definition) is 2. The van der Waals surface area contributed by atoms with E-state index >= 15 is 0 Å².